The number of carbonyl (C=O) groups is 1. The second-order valence-electron chi connectivity index (χ2n) is 8.26. The van der Waals surface area contributed by atoms with Crippen molar-refractivity contribution in [2.75, 3.05) is 24.7 Å². The number of esters is 1. The first kappa shape index (κ1) is 19.9. The first-order valence-electron chi connectivity index (χ1n) is 10.5. The number of aromatic nitrogens is 4. The number of anilines is 2. The van der Waals surface area contributed by atoms with E-state index >= 15 is 0 Å². The molecule has 2 fully saturated rings. The molecule has 2 aromatic rings. The zero-order chi connectivity index (χ0) is 20.4. The summed E-state index contributed by atoms with van der Waals surface area (Å²) in [6.07, 6.45) is 8.70. The van der Waals surface area contributed by atoms with E-state index in [4.69, 9.17) is 15.2 Å². The molecule has 3 N–H and O–H groups in total. The topological polar surface area (TPSA) is 117 Å². The maximum absolute atomic E-state index is 12.2. The van der Waals surface area contributed by atoms with Gasteiger partial charge in [-0.05, 0) is 25.2 Å². The van der Waals surface area contributed by atoms with E-state index in [1.165, 1.54) is 19.3 Å². The minimum absolute atomic E-state index is 0.108. The Morgan fingerprint density at radius 1 is 1.34 bits per heavy atom. The normalized spacial score (nSPS) is 25.4. The summed E-state index contributed by atoms with van der Waals surface area (Å²) in [5.41, 5.74) is 7.13. The molecule has 158 valence electrons. The van der Waals surface area contributed by atoms with Gasteiger partial charge in [-0.1, -0.05) is 26.2 Å². The van der Waals surface area contributed by atoms with Crippen LogP contribution in [0, 0.1) is 11.8 Å². The number of nitrogens with zero attached hydrogens (tertiary/aromatic N) is 4. The Hall–Kier alpha value is -2.42. The number of fused-ring (bicyclic) bond motifs is 1. The lowest BCUT2D eigenvalue weighted by atomic mass is 9.87. The van der Waals surface area contributed by atoms with Crippen molar-refractivity contribution in [2.45, 2.75) is 64.2 Å². The predicted octanol–water partition coefficient (Wildman–Crippen LogP) is 2.89. The Morgan fingerprint density at radius 2 is 2.14 bits per heavy atom. The standard InChI is InChI=1S/C20H30N6O3/c1-12-8-14(10-28-15(27)9-13-6-4-3-5-7-13)29-19(12)26-11-23-16-17(22-2)24-20(21)25-18(16)26/h11-14,19H,3-10H2,1-2H3,(H3,21,22,24,25)/t12-,14-,19+/m0/s1. The summed E-state index contributed by atoms with van der Waals surface area (Å²) >= 11 is 0. The molecular weight excluding hydrogens is 372 g/mol. The SMILES string of the molecule is CNc1nc(N)nc2c1ncn2[C@@H]1O[C@H](COC(=O)CC2CCCCC2)C[C@@H]1C. The summed E-state index contributed by atoms with van der Waals surface area (Å²) in [5.74, 6) is 1.37. The van der Waals surface area contributed by atoms with Gasteiger partial charge in [-0.3, -0.25) is 9.36 Å². The van der Waals surface area contributed by atoms with E-state index in [0.29, 0.717) is 29.3 Å². The Kier molecular flexibility index (Phi) is 5.84. The third-order valence-electron chi connectivity index (χ3n) is 6.01. The average Bonchev–Trinajstić information content (AvgIpc) is 3.29. The molecule has 4 rings (SSSR count). The summed E-state index contributed by atoms with van der Waals surface area (Å²) in [4.78, 5) is 25.2. The third kappa shape index (κ3) is 4.29. The van der Waals surface area contributed by atoms with E-state index in [-0.39, 0.29) is 36.8 Å². The van der Waals surface area contributed by atoms with Gasteiger partial charge >= 0.3 is 5.97 Å². The molecule has 0 amide bonds. The van der Waals surface area contributed by atoms with Gasteiger partial charge in [0.1, 0.15) is 12.8 Å². The van der Waals surface area contributed by atoms with Crippen LogP contribution in [0.4, 0.5) is 11.8 Å². The molecule has 2 aromatic heterocycles. The number of nitrogens with two attached hydrogens (primary N) is 1. The molecule has 1 aliphatic carbocycles. The van der Waals surface area contributed by atoms with Gasteiger partial charge < -0.3 is 20.5 Å². The first-order valence-corrected chi connectivity index (χ1v) is 10.5. The fourth-order valence-corrected chi connectivity index (χ4v) is 4.53. The highest BCUT2D eigenvalue weighted by molar-refractivity contribution is 5.84. The maximum Gasteiger partial charge on any atom is 0.306 e. The molecule has 0 aromatic carbocycles. The van der Waals surface area contributed by atoms with Gasteiger partial charge in [-0.15, -0.1) is 0 Å². The molecule has 3 atom stereocenters. The number of ether oxygens (including phenoxy) is 2. The number of carbonyl (C=O) groups excluding carboxylic acids is 1. The molecule has 1 aliphatic heterocycles. The van der Waals surface area contributed by atoms with Crippen molar-refractivity contribution in [3.05, 3.63) is 6.33 Å². The highest BCUT2D eigenvalue weighted by atomic mass is 16.6. The number of hydrogen-bond donors (Lipinski definition) is 2. The van der Waals surface area contributed by atoms with Crippen molar-refractivity contribution < 1.29 is 14.3 Å². The van der Waals surface area contributed by atoms with Gasteiger partial charge in [-0.25, -0.2) is 4.98 Å². The number of hydrogen-bond acceptors (Lipinski definition) is 8. The van der Waals surface area contributed by atoms with Crippen LogP contribution in [0.25, 0.3) is 11.2 Å². The number of imidazole rings is 1. The van der Waals surface area contributed by atoms with Crippen LogP contribution in [0.2, 0.25) is 0 Å². The zero-order valence-electron chi connectivity index (χ0n) is 17.1. The second kappa shape index (κ2) is 8.52. The Labute approximate surface area is 170 Å². The highest BCUT2D eigenvalue weighted by Gasteiger charge is 2.35. The van der Waals surface area contributed by atoms with Crippen LogP contribution in [0.3, 0.4) is 0 Å². The zero-order valence-corrected chi connectivity index (χ0v) is 17.1. The van der Waals surface area contributed by atoms with Gasteiger partial charge in [0.25, 0.3) is 0 Å². The van der Waals surface area contributed by atoms with Crippen molar-refractivity contribution in [3.8, 4) is 0 Å². The molecule has 1 saturated carbocycles. The van der Waals surface area contributed by atoms with Crippen molar-refractivity contribution in [1.82, 2.24) is 19.5 Å². The van der Waals surface area contributed by atoms with Crippen LogP contribution in [-0.4, -0.2) is 45.2 Å². The predicted molar refractivity (Wildman–Crippen MR) is 109 cm³/mol. The molecule has 0 bridgehead atoms. The monoisotopic (exact) mass is 402 g/mol. The summed E-state index contributed by atoms with van der Waals surface area (Å²) in [6.45, 7) is 2.40. The lowest BCUT2D eigenvalue weighted by Gasteiger charge is -2.21. The van der Waals surface area contributed by atoms with Crippen LogP contribution in [0.15, 0.2) is 6.33 Å². The van der Waals surface area contributed by atoms with Crippen molar-refractivity contribution in [2.24, 2.45) is 11.8 Å². The van der Waals surface area contributed by atoms with Crippen molar-refractivity contribution >= 4 is 28.9 Å². The van der Waals surface area contributed by atoms with Crippen LogP contribution >= 0.6 is 0 Å². The Morgan fingerprint density at radius 3 is 2.90 bits per heavy atom. The molecule has 9 heteroatoms. The fraction of sp³-hybridized carbons (Fsp3) is 0.700. The van der Waals surface area contributed by atoms with E-state index in [0.717, 1.165) is 19.3 Å². The molecule has 2 aliphatic rings. The number of nitrogens with one attached hydrogen (secondary N) is 1. The van der Waals surface area contributed by atoms with Gasteiger partial charge in [0.2, 0.25) is 5.95 Å². The average molecular weight is 402 g/mol. The molecule has 29 heavy (non-hydrogen) atoms. The lowest BCUT2D eigenvalue weighted by molar-refractivity contribution is -0.149. The minimum Gasteiger partial charge on any atom is -0.463 e. The van der Waals surface area contributed by atoms with E-state index in [1.807, 2.05) is 4.57 Å². The minimum atomic E-state index is -0.235. The van der Waals surface area contributed by atoms with Crippen LogP contribution in [-0.2, 0) is 14.3 Å². The van der Waals surface area contributed by atoms with E-state index in [9.17, 15) is 4.79 Å². The van der Waals surface area contributed by atoms with E-state index < -0.39 is 0 Å². The van der Waals surface area contributed by atoms with Gasteiger partial charge in [0.15, 0.2) is 17.0 Å². The van der Waals surface area contributed by atoms with Crippen molar-refractivity contribution in [3.63, 3.8) is 0 Å². The summed E-state index contributed by atoms with van der Waals surface area (Å²) < 4.78 is 13.6. The van der Waals surface area contributed by atoms with E-state index in [1.54, 1.807) is 13.4 Å². The molecule has 0 radical (unpaired) electrons. The molecule has 3 heterocycles. The van der Waals surface area contributed by atoms with Gasteiger partial charge in [0, 0.05) is 19.4 Å². The van der Waals surface area contributed by atoms with E-state index in [2.05, 4.69) is 27.2 Å². The summed E-state index contributed by atoms with van der Waals surface area (Å²) in [5, 5.41) is 3.00. The molecule has 0 unspecified atom stereocenters. The second-order valence-corrected chi connectivity index (χ2v) is 8.26. The quantitative estimate of drug-likeness (QED) is 0.708. The smallest absolute Gasteiger partial charge is 0.306 e. The number of rotatable bonds is 6. The van der Waals surface area contributed by atoms with Crippen molar-refractivity contribution in [1.29, 1.82) is 0 Å². The highest BCUT2D eigenvalue weighted by Crippen LogP contribution is 2.36. The largest absolute Gasteiger partial charge is 0.463 e. The lowest BCUT2D eigenvalue weighted by Crippen LogP contribution is -2.21. The van der Waals surface area contributed by atoms with Crippen LogP contribution in [0.1, 0.15) is 58.1 Å². The molecule has 9 nitrogen and oxygen atoms in total. The van der Waals surface area contributed by atoms with Gasteiger partial charge in [-0.2, -0.15) is 9.97 Å². The summed E-state index contributed by atoms with van der Waals surface area (Å²) in [7, 11) is 1.77. The third-order valence-corrected chi connectivity index (χ3v) is 6.01. The van der Waals surface area contributed by atoms with Crippen LogP contribution < -0.4 is 11.1 Å². The summed E-state index contributed by atoms with van der Waals surface area (Å²) in [6, 6.07) is 0. The first-order chi connectivity index (χ1) is 14.0. The molecule has 0 spiro atoms. The Balaban J connectivity index is 1.38. The molecule has 1 saturated heterocycles. The fourth-order valence-electron chi connectivity index (χ4n) is 4.53. The molecular formula is C20H30N6O3. The van der Waals surface area contributed by atoms with Crippen LogP contribution in [0.5, 0.6) is 0 Å². The Bertz CT molecular complexity index is 863. The maximum atomic E-state index is 12.2. The number of nitrogen functional groups attached to an aromatic ring is 1. The van der Waals surface area contributed by atoms with Gasteiger partial charge in [0.05, 0.1) is 12.4 Å².